The Morgan fingerprint density at radius 1 is 1.23 bits per heavy atom. The molecule has 1 aliphatic rings. The van der Waals surface area contributed by atoms with Crippen LogP contribution in [0.15, 0.2) is 23.2 Å². The lowest BCUT2D eigenvalue weighted by Gasteiger charge is -2.19. The number of nitrogens with zero attached hydrogens (tertiary/aromatic N) is 1. The lowest BCUT2D eigenvalue weighted by Crippen LogP contribution is -2.43. The van der Waals surface area contributed by atoms with Crippen molar-refractivity contribution < 1.29 is 14.3 Å². The van der Waals surface area contributed by atoms with E-state index in [4.69, 9.17) is 9.47 Å². The highest BCUT2D eigenvalue weighted by Crippen LogP contribution is 2.22. The van der Waals surface area contributed by atoms with Gasteiger partial charge in [0, 0.05) is 50.2 Å². The van der Waals surface area contributed by atoms with Crippen LogP contribution in [0.2, 0.25) is 0 Å². The number of carbonyl (C=O) groups is 1. The fourth-order valence-corrected chi connectivity index (χ4v) is 2.89. The van der Waals surface area contributed by atoms with E-state index in [1.807, 2.05) is 20.8 Å². The van der Waals surface area contributed by atoms with Crippen LogP contribution in [0.3, 0.4) is 0 Å². The Hall–Kier alpha value is -1.55. The Labute approximate surface area is 197 Å². The molecule has 1 amide bonds. The molecule has 1 heterocycles. The maximum Gasteiger partial charge on any atom is 0.225 e. The number of halogens is 1. The van der Waals surface area contributed by atoms with Crippen molar-refractivity contribution in [3.63, 3.8) is 0 Å². The first-order valence-electron chi connectivity index (χ1n) is 10.3. The highest BCUT2D eigenvalue weighted by atomic mass is 127. The number of carbonyl (C=O) groups excluding carboxylic acids is 1. The van der Waals surface area contributed by atoms with Gasteiger partial charge in [-0.2, -0.15) is 0 Å². The molecule has 0 aliphatic carbocycles. The van der Waals surface area contributed by atoms with E-state index in [9.17, 15) is 4.79 Å². The molecule has 0 aromatic heterocycles. The highest BCUT2D eigenvalue weighted by Gasteiger charge is 2.20. The Balaban J connectivity index is 0.00000450. The third kappa shape index (κ3) is 9.07. The second-order valence-electron chi connectivity index (χ2n) is 8.51. The van der Waals surface area contributed by atoms with Crippen molar-refractivity contribution in [2.24, 2.45) is 16.3 Å². The minimum Gasteiger partial charge on any atom is -0.493 e. The van der Waals surface area contributed by atoms with E-state index < -0.39 is 0 Å². The second-order valence-corrected chi connectivity index (χ2v) is 8.51. The van der Waals surface area contributed by atoms with Crippen molar-refractivity contribution >= 4 is 35.8 Å². The summed E-state index contributed by atoms with van der Waals surface area (Å²) in [5.41, 5.74) is 1.87. The number of ether oxygens (including phenoxy) is 2. The van der Waals surface area contributed by atoms with Gasteiger partial charge in [-0.1, -0.05) is 32.9 Å². The van der Waals surface area contributed by atoms with Gasteiger partial charge < -0.3 is 25.4 Å². The van der Waals surface area contributed by atoms with Crippen molar-refractivity contribution in [2.45, 2.75) is 40.7 Å². The summed E-state index contributed by atoms with van der Waals surface area (Å²) in [6.07, 6.45) is 1.06. The van der Waals surface area contributed by atoms with Gasteiger partial charge in [0.15, 0.2) is 5.96 Å². The van der Waals surface area contributed by atoms with Crippen molar-refractivity contribution in [1.29, 1.82) is 0 Å². The van der Waals surface area contributed by atoms with Crippen LogP contribution in [0.1, 0.15) is 38.3 Å². The molecule has 1 aliphatic heterocycles. The zero-order chi connectivity index (χ0) is 21.3. The molecule has 1 aromatic rings. The molecular formula is C22H37IN4O3. The van der Waals surface area contributed by atoms with Crippen molar-refractivity contribution in [3.8, 4) is 5.75 Å². The molecule has 30 heavy (non-hydrogen) atoms. The van der Waals surface area contributed by atoms with Crippen LogP contribution in [0, 0.1) is 18.3 Å². The molecule has 8 heteroatoms. The summed E-state index contributed by atoms with van der Waals surface area (Å²) in [5.74, 6) is 2.09. The fraction of sp³-hybridized carbons (Fsp3) is 0.636. The first kappa shape index (κ1) is 26.5. The molecule has 0 bridgehead atoms. The van der Waals surface area contributed by atoms with Gasteiger partial charge in [0.05, 0.1) is 13.2 Å². The van der Waals surface area contributed by atoms with Gasteiger partial charge in [-0.3, -0.25) is 9.79 Å². The Morgan fingerprint density at radius 3 is 2.60 bits per heavy atom. The molecule has 1 saturated heterocycles. The fourth-order valence-electron chi connectivity index (χ4n) is 2.89. The average Bonchev–Trinajstić information content (AvgIpc) is 3.19. The summed E-state index contributed by atoms with van der Waals surface area (Å²) in [4.78, 5) is 16.2. The van der Waals surface area contributed by atoms with E-state index in [2.05, 4.69) is 46.1 Å². The minimum atomic E-state index is -0.383. The van der Waals surface area contributed by atoms with Crippen molar-refractivity contribution in [3.05, 3.63) is 29.3 Å². The molecule has 170 valence electrons. The van der Waals surface area contributed by atoms with Gasteiger partial charge in [0.2, 0.25) is 5.91 Å². The summed E-state index contributed by atoms with van der Waals surface area (Å²) in [7, 11) is 1.73. The molecule has 2 rings (SSSR count). The highest BCUT2D eigenvalue weighted by molar-refractivity contribution is 14.0. The Morgan fingerprint density at radius 2 is 1.97 bits per heavy atom. The van der Waals surface area contributed by atoms with Crippen LogP contribution >= 0.6 is 24.0 Å². The zero-order valence-corrected chi connectivity index (χ0v) is 21.2. The number of guanidine groups is 1. The number of nitrogens with one attached hydrogen (secondary N) is 3. The van der Waals surface area contributed by atoms with E-state index in [0.29, 0.717) is 38.1 Å². The first-order chi connectivity index (χ1) is 13.8. The summed E-state index contributed by atoms with van der Waals surface area (Å²) in [5, 5.41) is 9.45. The van der Waals surface area contributed by atoms with E-state index in [-0.39, 0.29) is 35.3 Å². The molecule has 1 fully saturated rings. The number of amides is 1. The summed E-state index contributed by atoms with van der Waals surface area (Å²) in [6, 6.07) is 6.24. The Kier molecular flexibility index (Phi) is 11.5. The molecule has 1 atom stereocenters. The van der Waals surface area contributed by atoms with Gasteiger partial charge in [-0.15, -0.1) is 24.0 Å². The summed E-state index contributed by atoms with van der Waals surface area (Å²) < 4.78 is 11.5. The SMILES string of the molecule is CN=C(NCCNC(=O)C(C)(C)C)NCc1ccc(C)cc1OCC1CCOC1.I. The molecule has 1 aromatic carbocycles. The van der Waals surface area contributed by atoms with E-state index in [1.54, 1.807) is 7.05 Å². The second kappa shape index (κ2) is 13.0. The summed E-state index contributed by atoms with van der Waals surface area (Å²) >= 11 is 0. The van der Waals surface area contributed by atoms with Crippen LogP contribution in [0.5, 0.6) is 5.75 Å². The minimum absolute atomic E-state index is 0. The maximum atomic E-state index is 11.9. The van der Waals surface area contributed by atoms with E-state index in [0.717, 1.165) is 30.9 Å². The number of hydrogen-bond donors (Lipinski definition) is 3. The topological polar surface area (TPSA) is 84.0 Å². The van der Waals surface area contributed by atoms with Crippen molar-refractivity contribution in [1.82, 2.24) is 16.0 Å². The van der Waals surface area contributed by atoms with Gasteiger partial charge in [-0.25, -0.2) is 0 Å². The van der Waals surface area contributed by atoms with Crippen LogP contribution in [0.25, 0.3) is 0 Å². The molecule has 7 nitrogen and oxygen atoms in total. The largest absolute Gasteiger partial charge is 0.493 e. The number of aliphatic imine (C=N–C) groups is 1. The van der Waals surface area contributed by atoms with Gasteiger partial charge in [-0.05, 0) is 25.0 Å². The molecule has 1 unspecified atom stereocenters. The normalized spacial score (nSPS) is 16.6. The van der Waals surface area contributed by atoms with Crippen LogP contribution < -0.4 is 20.7 Å². The molecule has 0 spiro atoms. The smallest absolute Gasteiger partial charge is 0.225 e. The van der Waals surface area contributed by atoms with Gasteiger partial charge >= 0.3 is 0 Å². The monoisotopic (exact) mass is 532 g/mol. The summed E-state index contributed by atoms with van der Waals surface area (Å²) in [6.45, 7) is 11.8. The van der Waals surface area contributed by atoms with Gasteiger partial charge in [0.1, 0.15) is 5.75 Å². The number of rotatable bonds is 8. The van der Waals surface area contributed by atoms with Crippen molar-refractivity contribution in [2.75, 3.05) is 40.0 Å². The van der Waals surface area contributed by atoms with Crippen LogP contribution in [0.4, 0.5) is 0 Å². The predicted molar refractivity (Wildman–Crippen MR) is 132 cm³/mol. The average molecular weight is 532 g/mol. The molecule has 3 N–H and O–H groups in total. The maximum absolute atomic E-state index is 11.9. The third-order valence-corrected chi connectivity index (χ3v) is 4.78. The standard InChI is InChI=1S/C22H36N4O3.HI/c1-16-6-7-18(19(12-16)29-15-17-8-11-28-14-17)13-26-21(23-5)25-10-9-24-20(27)22(2,3)4;/h6-7,12,17H,8-11,13-15H2,1-5H3,(H,24,27)(H2,23,25,26);1H. The number of aryl methyl sites for hydroxylation is 1. The molecule has 0 radical (unpaired) electrons. The van der Waals surface area contributed by atoms with E-state index >= 15 is 0 Å². The zero-order valence-electron chi connectivity index (χ0n) is 18.8. The van der Waals surface area contributed by atoms with Crippen LogP contribution in [-0.2, 0) is 16.1 Å². The number of benzene rings is 1. The molecule has 0 saturated carbocycles. The lowest BCUT2D eigenvalue weighted by molar-refractivity contribution is -0.128. The first-order valence-corrected chi connectivity index (χ1v) is 10.3. The van der Waals surface area contributed by atoms with Crippen LogP contribution in [-0.4, -0.2) is 51.8 Å². The van der Waals surface area contributed by atoms with E-state index in [1.165, 1.54) is 5.56 Å². The van der Waals surface area contributed by atoms with Gasteiger partial charge in [0.25, 0.3) is 0 Å². The quantitative estimate of drug-likeness (QED) is 0.208. The lowest BCUT2D eigenvalue weighted by atomic mass is 9.96. The number of hydrogen-bond acceptors (Lipinski definition) is 4. The third-order valence-electron chi connectivity index (χ3n) is 4.78. The molecular weight excluding hydrogens is 495 g/mol. The predicted octanol–water partition coefficient (Wildman–Crippen LogP) is 2.86. The Bertz CT molecular complexity index is 698.